The molecule has 0 aliphatic carbocycles. The number of amides is 1. The molecule has 1 aromatic carbocycles. The van der Waals surface area contributed by atoms with E-state index in [-0.39, 0.29) is 5.91 Å². The fourth-order valence-corrected chi connectivity index (χ4v) is 1.94. The van der Waals surface area contributed by atoms with E-state index in [1.807, 2.05) is 41.1 Å². The first-order valence-corrected chi connectivity index (χ1v) is 6.23. The van der Waals surface area contributed by atoms with Crippen molar-refractivity contribution in [2.45, 2.75) is 13.0 Å². The van der Waals surface area contributed by atoms with Gasteiger partial charge in [-0.2, -0.15) is 0 Å². The Morgan fingerprint density at radius 3 is 2.63 bits per heavy atom. The van der Waals surface area contributed by atoms with Gasteiger partial charge in [-0.1, -0.05) is 30.3 Å². The zero-order valence-electron chi connectivity index (χ0n) is 11.2. The van der Waals surface area contributed by atoms with E-state index in [1.54, 1.807) is 7.05 Å². The van der Waals surface area contributed by atoms with Crippen molar-refractivity contribution in [1.82, 2.24) is 9.63 Å². The lowest BCUT2D eigenvalue weighted by Gasteiger charge is -2.15. The van der Waals surface area contributed by atoms with Crippen LogP contribution in [0.2, 0.25) is 0 Å². The largest absolute Gasteiger partial charge is 0.343 e. The zero-order valence-corrected chi connectivity index (χ0v) is 11.2. The van der Waals surface area contributed by atoms with E-state index < -0.39 is 0 Å². The van der Waals surface area contributed by atoms with E-state index in [0.717, 1.165) is 13.0 Å². The third kappa shape index (κ3) is 3.23. The van der Waals surface area contributed by atoms with Gasteiger partial charge in [0.1, 0.15) is 5.69 Å². The minimum absolute atomic E-state index is 0.138. The van der Waals surface area contributed by atoms with Gasteiger partial charge in [-0.05, 0) is 24.1 Å². The second kappa shape index (κ2) is 6.20. The highest BCUT2D eigenvalue weighted by Gasteiger charge is 2.15. The number of hydroxylamine groups is 2. The molecule has 4 heteroatoms. The van der Waals surface area contributed by atoms with E-state index in [9.17, 15) is 4.79 Å². The summed E-state index contributed by atoms with van der Waals surface area (Å²) in [7, 11) is 3.09. The van der Waals surface area contributed by atoms with Crippen molar-refractivity contribution < 1.29 is 9.63 Å². The number of rotatable bonds is 5. The summed E-state index contributed by atoms with van der Waals surface area (Å²) in [5.41, 5.74) is 1.90. The predicted octanol–water partition coefficient (Wildman–Crippen LogP) is 2.36. The summed E-state index contributed by atoms with van der Waals surface area (Å²) >= 11 is 0. The van der Waals surface area contributed by atoms with Crippen LogP contribution in [0.4, 0.5) is 0 Å². The quantitative estimate of drug-likeness (QED) is 0.772. The maximum atomic E-state index is 12.0. The lowest BCUT2D eigenvalue weighted by atomic mass is 10.1. The van der Waals surface area contributed by atoms with Gasteiger partial charge < -0.3 is 4.57 Å². The summed E-state index contributed by atoms with van der Waals surface area (Å²) in [4.78, 5) is 17.0. The molecule has 0 unspecified atom stereocenters. The molecule has 2 aromatic rings. The van der Waals surface area contributed by atoms with Crippen LogP contribution in [0.15, 0.2) is 48.7 Å². The number of carbonyl (C=O) groups is 1. The van der Waals surface area contributed by atoms with Crippen LogP contribution in [0.3, 0.4) is 0 Å². The van der Waals surface area contributed by atoms with Crippen LogP contribution in [-0.2, 0) is 17.8 Å². The molecule has 0 fully saturated rings. The Kier molecular flexibility index (Phi) is 4.36. The molecule has 0 radical (unpaired) electrons. The Balaban J connectivity index is 2.06. The number of benzene rings is 1. The van der Waals surface area contributed by atoms with Crippen molar-refractivity contribution in [3.05, 3.63) is 59.9 Å². The molecule has 1 aromatic heterocycles. The average Bonchev–Trinajstić information content (AvgIpc) is 2.93. The molecule has 0 saturated carbocycles. The highest BCUT2D eigenvalue weighted by Crippen LogP contribution is 2.08. The number of nitrogens with zero attached hydrogens (tertiary/aromatic N) is 2. The number of carbonyl (C=O) groups excluding carboxylic acids is 1. The molecule has 100 valence electrons. The summed E-state index contributed by atoms with van der Waals surface area (Å²) in [5.74, 6) is -0.138. The molecule has 1 amide bonds. The van der Waals surface area contributed by atoms with Crippen molar-refractivity contribution in [2.75, 3.05) is 14.2 Å². The van der Waals surface area contributed by atoms with Gasteiger partial charge in [-0.25, -0.2) is 5.06 Å². The molecule has 0 bridgehead atoms. The molecular weight excluding hydrogens is 240 g/mol. The molecule has 0 N–H and O–H groups in total. The molecule has 0 spiro atoms. The maximum Gasteiger partial charge on any atom is 0.293 e. The normalized spacial score (nSPS) is 10.4. The van der Waals surface area contributed by atoms with E-state index in [1.165, 1.54) is 17.7 Å². The third-order valence-corrected chi connectivity index (χ3v) is 3.09. The Hall–Kier alpha value is -2.07. The first-order valence-electron chi connectivity index (χ1n) is 6.23. The van der Waals surface area contributed by atoms with Crippen molar-refractivity contribution in [2.24, 2.45) is 0 Å². The number of aromatic nitrogens is 1. The maximum absolute atomic E-state index is 12.0. The smallest absolute Gasteiger partial charge is 0.293 e. The summed E-state index contributed by atoms with van der Waals surface area (Å²) in [6.07, 6.45) is 2.81. The summed E-state index contributed by atoms with van der Waals surface area (Å²) in [6.45, 7) is 0.773. The van der Waals surface area contributed by atoms with Gasteiger partial charge in [0.15, 0.2) is 0 Å². The first-order chi connectivity index (χ1) is 9.22. The van der Waals surface area contributed by atoms with Crippen LogP contribution in [0.25, 0.3) is 0 Å². The molecule has 0 atom stereocenters. The number of hydrogen-bond donors (Lipinski definition) is 0. The van der Waals surface area contributed by atoms with Crippen LogP contribution in [0, 0.1) is 0 Å². The monoisotopic (exact) mass is 258 g/mol. The van der Waals surface area contributed by atoms with Gasteiger partial charge in [0.2, 0.25) is 0 Å². The molecule has 0 saturated heterocycles. The van der Waals surface area contributed by atoms with E-state index >= 15 is 0 Å². The van der Waals surface area contributed by atoms with Crippen molar-refractivity contribution in [3.8, 4) is 0 Å². The van der Waals surface area contributed by atoms with E-state index in [0.29, 0.717) is 5.69 Å². The third-order valence-electron chi connectivity index (χ3n) is 3.09. The Morgan fingerprint density at radius 1 is 1.21 bits per heavy atom. The minimum atomic E-state index is -0.138. The molecule has 1 heterocycles. The van der Waals surface area contributed by atoms with Crippen LogP contribution >= 0.6 is 0 Å². The molecule has 0 aliphatic rings. The highest BCUT2D eigenvalue weighted by molar-refractivity contribution is 5.91. The number of hydrogen-bond acceptors (Lipinski definition) is 2. The SMILES string of the molecule is CON(C)C(=O)c1cccn1CCc1ccccc1. The van der Waals surface area contributed by atoms with Crippen LogP contribution < -0.4 is 0 Å². The van der Waals surface area contributed by atoms with Crippen LogP contribution in [0.5, 0.6) is 0 Å². The Morgan fingerprint density at radius 2 is 1.95 bits per heavy atom. The topological polar surface area (TPSA) is 34.5 Å². The van der Waals surface area contributed by atoms with Gasteiger partial charge in [-0.15, -0.1) is 0 Å². The van der Waals surface area contributed by atoms with Gasteiger partial charge in [0.25, 0.3) is 5.91 Å². The Labute approximate surface area is 113 Å². The molecule has 4 nitrogen and oxygen atoms in total. The standard InChI is InChI=1S/C15H18N2O2/c1-16(19-2)15(18)14-9-6-11-17(14)12-10-13-7-4-3-5-8-13/h3-9,11H,10,12H2,1-2H3. The van der Waals surface area contributed by atoms with Crippen LogP contribution in [0.1, 0.15) is 16.1 Å². The first kappa shape index (κ1) is 13.4. The fourth-order valence-electron chi connectivity index (χ4n) is 1.94. The van der Waals surface area contributed by atoms with Gasteiger partial charge >= 0.3 is 0 Å². The van der Waals surface area contributed by atoms with Crippen molar-refractivity contribution in [1.29, 1.82) is 0 Å². The molecule has 2 rings (SSSR count). The van der Waals surface area contributed by atoms with Gasteiger partial charge in [0, 0.05) is 19.8 Å². The highest BCUT2D eigenvalue weighted by atomic mass is 16.7. The summed E-state index contributed by atoms with van der Waals surface area (Å²) in [5, 5.41) is 1.23. The van der Waals surface area contributed by atoms with Gasteiger partial charge in [0.05, 0.1) is 7.11 Å². The molecular formula is C15H18N2O2. The fraction of sp³-hybridized carbons (Fsp3) is 0.267. The lowest BCUT2D eigenvalue weighted by Crippen LogP contribution is -2.27. The zero-order chi connectivity index (χ0) is 13.7. The number of aryl methyl sites for hydroxylation is 2. The average molecular weight is 258 g/mol. The molecule has 0 aliphatic heterocycles. The second-order valence-electron chi connectivity index (χ2n) is 4.31. The lowest BCUT2D eigenvalue weighted by molar-refractivity contribution is -0.0763. The minimum Gasteiger partial charge on any atom is -0.343 e. The Bertz CT molecular complexity index is 534. The summed E-state index contributed by atoms with van der Waals surface area (Å²) < 4.78 is 1.95. The van der Waals surface area contributed by atoms with Crippen molar-refractivity contribution in [3.63, 3.8) is 0 Å². The summed E-state index contributed by atoms with van der Waals surface area (Å²) in [6, 6.07) is 13.9. The van der Waals surface area contributed by atoms with Gasteiger partial charge in [-0.3, -0.25) is 9.63 Å². The second-order valence-corrected chi connectivity index (χ2v) is 4.31. The predicted molar refractivity (Wildman–Crippen MR) is 73.7 cm³/mol. The molecule has 19 heavy (non-hydrogen) atoms. The van der Waals surface area contributed by atoms with Crippen LogP contribution in [-0.4, -0.2) is 29.7 Å². The van der Waals surface area contributed by atoms with E-state index in [2.05, 4.69) is 12.1 Å². The van der Waals surface area contributed by atoms with Crippen molar-refractivity contribution >= 4 is 5.91 Å². The van der Waals surface area contributed by atoms with E-state index in [4.69, 9.17) is 4.84 Å².